The van der Waals surface area contributed by atoms with Gasteiger partial charge >= 0.3 is 5.97 Å². The fraction of sp³-hybridized carbons (Fsp3) is 0.385. The summed E-state index contributed by atoms with van der Waals surface area (Å²) in [5.74, 6) is -0.403. The Morgan fingerprint density at radius 3 is 2.53 bits per heavy atom. The summed E-state index contributed by atoms with van der Waals surface area (Å²) in [5, 5.41) is 3.01. The summed E-state index contributed by atoms with van der Waals surface area (Å²) in [7, 11) is 0. The maximum atomic E-state index is 11.6. The van der Waals surface area contributed by atoms with Gasteiger partial charge in [-0.2, -0.15) is 0 Å². The van der Waals surface area contributed by atoms with E-state index in [0.29, 0.717) is 18.0 Å². The largest absolute Gasteiger partial charge is 0.463 e. The molecular formula is C13H17BrClNO3. The standard InChI is InChI=1S/C11H11BrClNO3.C2H6/c12-10(8-1-3-9(13)4-2-8)11(16)17-6-5-14-7-15;1-2/h1-4,7,10H,5-6H2,(H,14,15);1-2H3. The van der Waals surface area contributed by atoms with Crippen molar-refractivity contribution in [1.29, 1.82) is 0 Å². The smallest absolute Gasteiger partial charge is 0.324 e. The summed E-state index contributed by atoms with van der Waals surface area (Å²) >= 11 is 8.98. The number of carbonyl (C=O) groups excluding carboxylic acids is 2. The van der Waals surface area contributed by atoms with E-state index in [0.717, 1.165) is 5.56 Å². The highest BCUT2D eigenvalue weighted by atomic mass is 79.9. The Kier molecular flexibility index (Phi) is 10.2. The predicted molar refractivity (Wildman–Crippen MR) is 79.5 cm³/mol. The van der Waals surface area contributed by atoms with E-state index in [9.17, 15) is 9.59 Å². The van der Waals surface area contributed by atoms with Gasteiger partial charge in [0.2, 0.25) is 6.41 Å². The maximum absolute atomic E-state index is 11.6. The molecule has 1 N–H and O–H groups in total. The van der Waals surface area contributed by atoms with Crippen LogP contribution in [0.3, 0.4) is 0 Å². The number of amides is 1. The van der Waals surface area contributed by atoms with Gasteiger partial charge in [-0.05, 0) is 17.7 Å². The van der Waals surface area contributed by atoms with Crippen LogP contribution in [0.1, 0.15) is 24.2 Å². The number of benzene rings is 1. The Morgan fingerprint density at radius 2 is 2.00 bits per heavy atom. The molecule has 1 aromatic carbocycles. The zero-order valence-electron chi connectivity index (χ0n) is 10.9. The average molecular weight is 351 g/mol. The van der Waals surface area contributed by atoms with Crippen molar-refractivity contribution < 1.29 is 14.3 Å². The molecule has 6 heteroatoms. The molecule has 0 aliphatic heterocycles. The average Bonchev–Trinajstić information content (AvgIpc) is 2.45. The number of carbonyl (C=O) groups is 2. The summed E-state index contributed by atoms with van der Waals surface area (Å²) in [4.78, 5) is 21.0. The van der Waals surface area contributed by atoms with Crippen molar-refractivity contribution in [2.24, 2.45) is 0 Å². The van der Waals surface area contributed by atoms with Crippen molar-refractivity contribution in [2.75, 3.05) is 13.2 Å². The molecule has 19 heavy (non-hydrogen) atoms. The van der Waals surface area contributed by atoms with E-state index in [1.54, 1.807) is 24.3 Å². The van der Waals surface area contributed by atoms with Gasteiger partial charge in [0, 0.05) is 5.02 Å². The second-order valence-electron chi connectivity index (χ2n) is 3.15. The first-order valence-corrected chi connectivity index (χ1v) is 7.17. The van der Waals surface area contributed by atoms with Crippen LogP contribution in [0, 0.1) is 0 Å². The van der Waals surface area contributed by atoms with Crippen LogP contribution in [0.15, 0.2) is 24.3 Å². The molecule has 0 fully saturated rings. The molecule has 0 radical (unpaired) electrons. The van der Waals surface area contributed by atoms with Gasteiger partial charge < -0.3 is 10.1 Å². The summed E-state index contributed by atoms with van der Waals surface area (Å²) < 4.78 is 4.95. The lowest BCUT2D eigenvalue weighted by Crippen LogP contribution is -2.21. The Labute approximate surface area is 126 Å². The first-order chi connectivity index (χ1) is 9.15. The molecule has 4 nitrogen and oxygen atoms in total. The van der Waals surface area contributed by atoms with E-state index in [1.807, 2.05) is 13.8 Å². The number of hydrogen-bond acceptors (Lipinski definition) is 3. The molecule has 0 saturated heterocycles. The quantitative estimate of drug-likeness (QED) is 0.371. The molecule has 1 amide bonds. The van der Waals surface area contributed by atoms with Gasteiger partial charge in [0.25, 0.3) is 0 Å². The van der Waals surface area contributed by atoms with Crippen LogP contribution in [-0.4, -0.2) is 25.5 Å². The number of alkyl halides is 1. The Balaban J connectivity index is 0.00000154. The highest BCUT2D eigenvalue weighted by Gasteiger charge is 2.18. The molecule has 1 atom stereocenters. The zero-order chi connectivity index (χ0) is 14.7. The van der Waals surface area contributed by atoms with Gasteiger partial charge in [-0.1, -0.05) is 53.5 Å². The SMILES string of the molecule is CC.O=CNCCOC(=O)C(Br)c1ccc(Cl)cc1. The van der Waals surface area contributed by atoms with Crippen molar-refractivity contribution in [3.63, 3.8) is 0 Å². The van der Waals surface area contributed by atoms with Crippen molar-refractivity contribution in [3.05, 3.63) is 34.9 Å². The number of nitrogens with one attached hydrogen (secondary N) is 1. The van der Waals surface area contributed by atoms with Crippen molar-refractivity contribution in [2.45, 2.75) is 18.7 Å². The molecule has 1 rings (SSSR count). The molecule has 1 aromatic rings. The highest BCUT2D eigenvalue weighted by molar-refractivity contribution is 9.09. The number of halogens is 2. The Hall–Kier alpha value is -1.07. The fourth-order valence-electron chi connectivity index (χ4n) is 1.11. The molecule has 0 aliphatic rings. The number of esters is 1. The van der Waals surface area contributed by atoms with Crippen LogP contribution in [-0.2, 0) is 14.3 Å². The predicted octanol–water partition coefficient (Wildman–Crippen LogP) is 3.09. The number of hydrogen-bond donors (Lipinski definition) is 1. The van der Waals surface area contributed by atoms with Crippen molar-refractivity contribution in [3.8, 4) is 0 Å². The van der Waals surface area contributed by atoms with E-state index in [1.165, 1.54) is 0 Å². The summed E-state index contributed by atoms with van der Waals surface area (Å²) in [6, 6.07) is 6.89. The Bertz CT molecular complexity index is 384. The molecule has 0 saturated carbocycles. The Morgan fingerprint density at radius 1 is 1.42 bits per heavy atom. The van der Waals surface area contributed by atoms with Gasteiger partial charge in [-0.3, -0.25) is 9.59 Å². The molecule has 106 valence electrons. The van der Waals surface area contributed by atoms with Gasteiger partial charge in [-0.25, -0.2) is 0 Å². The molecule has 0 aliphatic carbocycles. The third-order valence-electron chi connectivity index (χ3n) is 1.94. The minimum Gasteiger partial charge on any atom is -0.463 e. The lowest BCUT2D eigenvalue weighted by atomic mass is 10.1. The van der Waals surface area contributed by atoms with Crippen LogP contribution in [0.25, 0.3) is 0 Å². The monoisotopic (exact) mass is 349 g/mol. The van der Waals surface area contributed by atoms with Gasteiger partial charge in [0.1, 0.15) is 11.4 Å². The van der Waals surface area contributed by atoms with E-state index in [2.05, 4.69) is 21.2 Å². The summed E-state index contributed by atoms with van der Waals surface area (Å²) in [6.07, 6.45) is 0.554. The molecule has 0 heterocycles. The van der Waals surface area contributed by atoms with Crippen LogP contribution in [0.5, 0.6) is 0 Å². The van der Waals surface area contributed by atoms with Crippen LogP contribution < -0.4 is 5.32 Å². The summed E-state index contributed by atoms with van der Waals surface area (Å²) in [5.41, 5.74) is 0.766. The molecule has 0 aromatic heterocycles. The molecule has 1 unspecified atom stereocenters. The molecule has 0 spiro atoms. The van der Waals surface area contributed by atoms with Crippen molar-refractivity contribution >= 4 is 39.9 Å². The van der Waals surface area contributed by atoms with Crippen LogP contribution >= 0.6 is 27.5 Å². The number of rotatable bonds is 6. The van der Waals surface area contributed by atoms with Crippen LogP contribution in [0.4, 0.5) is 0 Å². The molecule has 0 bridgehead atoms. The minimum atomic E-state index is -0.531. The normalized spacial score (nSPS) is 10.7. The second kappa shape index (κ2) is 10.8. The van der Waals surface area contributed by atoms with E-state index < -0.39 is 10.8 Å². The van der Waals surface area contributed by atoms with Crippen molar-refractivity contribution in [1.82, 2.24) is 5.32 Å². The van der Waals surface area contributed by atoms with E-state index in [-0.39, 0.29) is 6.61 Å². The maximum Gasteiger partial charge on any atom is 0.324 e. The second-order valence-corrected chi connectivity index (χ2v) is 4.51. The summed E-state index contributed by atoms with van der Waals surface area (Å²) in [6.45, 7) is 4.45. The van der Waals surface area contributed by atoms with E-state index >= 15 is 0 Å². The number of ether oxygens (including phenoxy) is 1. The zero-order valence-corrected chi connectivity index (χ0v) is 13.2. The fourth-order valence-corrected chi connectivity index (χ4v) is 1.67. The van der Waals surface area contributed by atoms with Gasteiger partial charge in [0.15, 0.2) is 0 Å². The third-order valence-corrected chi connectivity index (χ3v) is 3.10. The van der Waals surface area contributed by atoms with Gasteiger partial charge in [-0.15, -0.1) is 0 Å². The molecular weight excluding hydrogens is 334 g/mol. The lowest BCUT2D eigenvalue weighted by Gasteiger charge is -2.10. The first kappa shape index (κ1) is 17.9. The van der Waals surface area contributed by atoms with Crippen LogP contribution in [0.2, 0.25) is 5.02 Å². The lowest BCUT2D eigenvalue weighted by molar-refractivity contribution is -0.143. The first-order valence-electron chi connectivity index (χ1n) is 5.88. The topological polar surface area (TPSA) is 55.4 Å². The minimum absolute atomic E-state index is 0.146. The third kappa shape index (κ3) is 7.18. The van der Waals surface area contributed by atoms with Gasteiger partial charge in [0.05, 0.1) is 6.54 Å². The highest BCUT2D eigenvalue weighted by Crippen LogP contribution is 2.25. The van der Waals surface area contributed by atoms with E-state index in [4.69, 9.17) is 16.3 Å².